The van der Waals surface area contributed by atoms with Crippen molar-refractivity contribution in [2.24, 2.45) is 11.7 Å². The molecule has 0 heterocycles. The summed E-state index contributed by atoms with van der Waals surface area (Å²) in [7, 11) is 3.29. The highest BCUT2D eigenvalue weighted by Crippen LogP contribution is 2.30. The quantitative estimate of drug-likeness (QED) is 0.845. The monoisotopic (exact) mass is 251 g/mol. The molecular formula is C15H25NO2. The molecule has 0 saturated carbocycles. The number of hydrogen-bond donors (Lipinski definition) is 1. The Morgan fingerprint density at radius 3 is 2.33 bits per heavy atom. The molecule has 0 aliphatic rings. The van der Waals surface area contributed by atoms with E-state index in [9.17, 15) is 0 Å². The van der Waals surface area contributed by atoms with E-state index in [0.717, 1.165) is 24.3 Å². The molecule has 18 heavy (non-hydrogen) atoms. The first kappa shape index (κ1) is 14.8. The predicted molar refractivity (Wildman–Crippen MR) is 75.3 cm³/mol. The Morgan fingerprint density at radius 1 is 1.22 bits per heavy atom. The molecule has 0 spiro atoms. The van der Waals surface area contributed by atoms with Crippen LogP contribution in [0.25, 0.3) is 0 Å². The summed E-state index contributed by atoms with van der Waals surface area (Å²) in [4.78, 5) is 0. The van der Waals surface area contributed by atoms with Gasteiger partial charge >= 0.3 is 0 Å². The Kier molecular flexibility index (Phi) is 5.03. The first-order valence-corrected chi connectivity index (χ1v) is 6.44. The zero-order valence-corrected chi connectivity index (χ0v) is 12.1. The Balaban J connectivity index is 2.91. The standard InChI is InChI=1S/C15H25NO2/c1-6-11(2)15(3,16)10-12-7-8-13(17-4)14(9-12)18-5/h7-9,11H,6,10,16H2,1-5H3. The van der Waals surface area contributed by atoms with Crippen LogP contribution in [0, 0.1) is 5.92 Å². The molecule has 0 bridgehead atoms. The number of nitrogens with two attached hydrogens (primary N) is 1. The number of ether oxygens (including phenoxy) is 2. The molecule has 2 N–H and O–H groups in total. The summed E-state index contributed by atoms with van der Waals surface area (Å²) in [6.45, 7) is 6.48. The van der Waals surface area contributed by atoms with E-state index >= 15 is 0 Å². The van der Waals surface area contributed by atoms with Crippen molar-refractivity contribution < 1.29 is 9.47 Å². The summed E-state index contributed by atoms with van der Waals surface area (Å²) in [5.74, 6) is 1.99. The van der Waals surface area contributed by atoms with Gasteiger partial charge in [-0.25, -0.2) is 0 Å². The summed E-state index contributed by atoms with van der Waals surface area (Å²) in [6.07, 6.45) is 1.92. The number of hydrogen-bond acceptors (Lipinski definition) is 3. The van der Waals surface area contributed by atoms with Gasteiger partial charge < -0.3 is 15.2 Å². The van der Waals surface area contributed by atoms with Crippen molar-refractivity contribution in [2.75, 3.05) is 14.2 Å². The van der Waals surface area contributed by atoms with E-state index in [2.05, 4.69) is 26.8 Å². The largest absolute Gasteiger partial charge is 0.493 e. The van der Waals surface area contributed by atoms with Crippen molar-refractivity contribution in [3.8, 4) is 11.5 Å². The third kappa shape index (κ3) is 3.39. The molecule has 1 rings (SSSR count). The molecule has 3 heteroatoms. The van der Waals surface area contributed by atoms with Crippen molar-refractivity contribution in [3.63, 3.8) is 0 Å². The first-order chi connectivity index (χ1) is 8.44. The van der Waals surface area contributed by atoms with Crippen LogP contribution < -0.4 is 15.2 Å². The zero-order chi connectivity index (χ0) is 13.8. The molecule has 0 saturated heterocycles. The molecule has 1 aromatic carbocycles. The van der Waals surface area contributed by atoms with Gasteiger partial charge in [-0.1, -0.05) is 26.3 Å². The van der Waals surface area contributed by atoms with Gasteiger partial charge in [0.1, 0.15) is 0 Å². The van der Waals surface area contributed by atoms with Crippen molar-refractivity contribution in [1.82, 2.24) is 0 Å². The Morgan fingerprint density at radius 2 is 1.83 bits per heavy atom. The van der Waals surface area contributed by atoms with E-state index in [0.29, 0.717) is 5.92 Å². The van der Waals surface area contributed by atoms with Crippen LogP contribution in [0.1, 0.15) is 32.8 Å². The Bertz CT molecular complexity index is 388. The second-order valence-corrected chi connectivity index (χ2v) is 5.18. The fourth-order valence-corrected chi connectivity index (χ4v) is 2.07. The predicted octanol–water partition coefficient (Wildman–Crippen LogP) is 3.01. The number of methoxy groups -OCH3 is 2. The van der Waals surface area contributed by atoms with E-state index < -0.39 is 0 Å². The molecule has 0 amide bonds. The molecule has 2 unspecified atom stereocenters. The maximum Gasteiger partial charge on any atom is 0.160 e. The molecule has 102 valence electrons. The van der Waals surface area contributed by atoms with Gasteiger partial charge in [0.25, 0.3) is 0 Å². The lowest BCUT2D eigenvalue weighted by Gasteiger charge is -2.31. The van der Waals surface area contributed by atoms with Gasteiger partial charge in [-0.2, -0.15) is 0 Å². The van der Waals surface area contributed by atoms with Gasteiger partial charge in [-0.15, -0.1) is 0 Å². The molecule has 0 fully saturated rings. The summed E-state index contributed by atoms with van der Waals surface area (Å²) in [5, 5.41) is 0. The lowest BCUT2D eigenvalue weighted by atomic mass is 9.81. The first-order valence-electron chi connectivity index (χ1n) is 6.44. The lowest BCUT2D eigenvalue weighted by molar-refractivity contribution is 0.305. The third-order valence-electron chi connectivity index (χ3n) is 3.77. The smallest absolute Gasteiger partial charge is 0.160 e. The minimum Gasteiger partial charge on any atom is -0.493 e. The van der Waals surface area contributed by atoms with Crippen molar-refractivity contribution in [1.29, 1.82) is 0 Å². The van der Waals surface area contributed by atoms with E-state index in [1.165, 1.54) is 5.56 Å². The van der Waals surface area contributed by atoms with Crippen molar-refractivity contribution in [2.45, 2.75) is 39.2 Å². The average molecular weight is 251 g/mol. The van der Waals surface area contributed by atoms with Crippen molar-refractivity contribution in [3.05, 3.63) is 23.8 Å². The fourth-order valence-electron chi connectivity index (χ4n) is 2.07. The molecule has 0 aliphatic carbocycles. The highest BCUT2D eigenvalue weighted by molar-refractivity contribution is 5.43. The lowest BCUT2D eigenvalue weighted by Crippen LogP contribution is -2.44. The van der Waals surface area contributed by atoms with Crippen LogP contribution in [0.2, 0.25) is 0 Å². The summed E-state index contributed by atoms with van der Waals surface area (Å²) >= 11 is 0. The molecule has 0 aromatic heterocycles. The van der Waals surface area contributed by atoms with Gasteiger partial charge in [-0.3, -0.25) is 0 Å². The normalized spacial score (nSPS) is 15.9. The highest BCUT2D eigenvalue weighted by atomic mass is 16.5. The Hall–Kier alpha value is -1.22. The molecule has 0 radical (unpaired) electrons. The number of benzene rings is 1. The average Bonchev–Trinajstić information content (AvgIpc) is 2.36. The van der Waals surface area contributed by atoms with Crippen LogP contribution in [-0.2, 0) is 6.42 Å². The molecule has 1 aromatic rings. The topological polar surface area (TPSA) is 44.5 Å². The maximum absolute atomic E-state index is 6.39. The van der Waals surface area contributed by atoms with Crippen LogP contribution in [0.3, 0.4) is 0 Å². The van der Waals surface area contributed by atoms with Crippen LogP contribution in [-0.4, -0.2) is 19.8 Å². The van der Waals surface area contributed by atoms with Gasteiger partial charge in [0.15, 0.2) is 11.5 Å². The second-order valence-electron chi connectivity index (χ2n) is 5.18. The van der Waals surface area contributed by atoms with Gasteiger partial charge in [-0.05, 0) is 37.0 Å². The molecule has 2 atom stereocenters. The molecule has 0 aliphatic heterocycles. The van der Waals surface area contributed by atoms with Gasteiger partial charge in [0, 0.05) is 5.54 Å². The van der Waals surface area contributed by atoms with Crippen LogP contribution in [0.4, 0.5) is 0 Å². The fraction of sp³-hybridized carbons (Fsp3) is 0.600. The van der Waals surface area contributed by atoms with E-state index in [4.69, 9.17) is 15.2 Å². The Labute approximate surface area is 110 Å². The van der Waals surface area contributed by atoms with E-state index in [1.54, 1.807) is 14.2 Å². The summed E-state index contributed by atoms with van der Waals surface area (Å²) in [6, 6.07) is 5.99. The third-order valence-corrected chi connectivity index (χ3v) is 3.77. The maximum atomic E-state index is 6.39. The van der Waals surface area contributed by atoms with Gasteiger partial charge in [0.05, 0.1) is 14.2 Å². The highest BCUT2D eigenvalue weighted by Gasteiger charge is 2.25. The molecular weight excluding hydrogens is 226 g/mol. The minimum atomic E-state index is -0.200. The zero-order valence-electron chi connectivity index (χ0n) is 12.1. The van der Waals surface area contributed by atoms with E-state index in [-0.39, 0.29) is 5.54 Å². The van der Waals surface area contributed by atoms with Crippen LogP contribution in [0.15, 0.2) is 18.2 Å². The van der Waals surface area contributed by atoms with Crippen molar-refractivity contribution >= 4 is 0 Å². The molecule has 3 nitrogen and oxygen atoms in total. The number of rotatable bonds is 6. The van der Waals surface area contributed by atoms with Crippen LogP contribution in [0.5, 0.6) is 11.5 Å². The van der Waals surface area contributed by atoms with Gasteiger partial charge in [0.2, 0.25) is 0 Å². The summed E-state index contributed by atoms with van der Waals surface area (Å²) < 4.78 is 10.5. The minimum absolute atomic E-state index is 0.200. The SMILES string of the molecule is CCC(C)C(C)(N)Cc1ccc(OC)c(OC)c1. The van der Waals surface area contributed by atoms with E-state index in [1.807, 2.05) is 12.1 Å². The summed E-state index contributed by atoms with van der Waals surface area (Å²) in [5.41, 5.74) is 7.37. The second kappa shape index (κ2) is 6.10. The van der Waals surface area contributed by atoms with Crippen LogP contribution >= 0.6 is 0 Å².